The first-order valence-corrected chi connectivity index (χ1v) is 51.0. The summed E-state index contributed by atoms with van der Waals surface area (Å²) in [6.07, 6.45) is 61.1. The van der Waals surface area contributed by atoms with Gasteiger partial charge in [0.05, 0.1) is 10.8 Å². The van der Waals surface area contributed by atoms with E-state index in [0.717, 1.165) is 205 Å². The Kier molecular flexibility index (Phi) is 80.2. The highest BCUT2D eigenvalue weighted by molar-refractivity contribution is 5.73. The summed E-state index contributed by atoms with van der Waals surface area (Å²) in [6, 6.07) is 0. The van der Waals surface area contributed by atoms with E-state index in [1.165, 1.54) is 128 Å². The monoisotopic (exact) mass is 1730 g/mol. The summed E-state index contributed by atoms with van der Waals surface area (Å²) < 4.78 is 58.7. The molecule has 0 aromatic carbocycles. The third-order valence-corrected chi connectivity index (χ3v) is 24.2. The van der Waals surface area contributed by atoms with Gasteiger partial charge in [0.1, 0.15) is 64.1 Å². The van der Waals surface area contributed by atoms with Crippen molar-refractivity contribution in [1.29, 1.82) is 0 Å². The molecule has 0 heterocycles. The number of hydrogen-bond acceptors (Lipinski definition) is 20. The van der Waals surface area contributed by atoms with Crippen LogP contribution >= 0.6 is 0 Å². The van der Waals surface area contributed by atoms with Crippen molar-refractivity contribution >= 4 is 59.7 Å². The van der Waals surface area contributed by atoms with Gasteiger partial charge < -0.3 is 47.4 Å². The molecule has 20 nitrogen and oxygen atoms in total. The highest BCUT2D eigenvalue weighted by Gasteiger charge is 2.36. The van der Waals surface area contributed by atoms with E-state index in [4.69, 9.17) is 47.4 Å². The van der Waals surface area contributed by atoms with E-state index in [2.05, 4.69) is 27.7 Å². The van der Waals surface area contributed by atoms with Gasteiger partial charge in [0.15, 0.2) is 0 Å². The quantitative estimate of drug-likeness (QED) is 0.0311. The van der Waals surface area contributed by atoms with E-state index in [9.17, 15) is 47.9 Å². The molecule has 122 heavy (non-hydrogen) atoms. The van der Waals surface area contributed by atoms with Crippen molar-refractivity contribution in [3.05, 3.63) is 0 Å². The van der Waals surface area contributed by atoms with E-state index in [1.54, 1.807) is 0 Å². The number of carbonyl (C=O) groups excluding carboxylic acids is 10. The average Bonchev–Trinajstić information content (AvgIpc) is 0.866. The number of unbranched alkanes of at least 4 members (excludes halogenated alkanes) is 41. The molecule has 0 aliphatic heterocycles. The van der Waals surface area contributed by atoms with E-state index < -0.39 is 22.8 Å². The maximum absolute atomic E-state index is 13.6. The lowest BCUT2D eigenvalue weighted by Gasteiger charge is -2.31. The lowest BCUT2D eigenvalue weighted by molar-refractivity contribution is -0.165. The minimum Gasteiger partial charge on any atom is -0.465 e. The Balaban J connectivity index is 6.00. The number of esters is 10. The fourth-order valence-corrected chi connectivity index (χ4v) is 15.4. The van der Waals surface area contributed by atoms with Crippen LogP contribution in [0, 0.1) is 10.8 Å². The zero-order valence-corrected chi connectivity index (χ0v) is 80.2. The molecule has 0 saturated carbocycles. The first-order valence-electron chi connectivity index (χ1n) is 51.0. The van der Waals surface area contributed by atoms with Gasteiger partial charge in [-0.05, 0) is 154 Å². The van der Waals surface area contributed by atoms with Gasteiger partial charge in [-0.15, -0.1) is 0 Å². The molecule has 0 aliphatic rings. The second-order valence-electron chi connectivity index (χ2n) is 35.6. The van der Waals surface area contributed by atoms with E-state index >= 15 is 0 Å². The molecule has 0 bridgehead atoms. The van der Waals surface area contributed by atoms with E-state index in [-0.39, 0.29) is 150 Å². The highest BCUT2D eigenvalue weighted by Crippen LogP contribution is 2.30. The third kappa shape index (κ3) is 71.8. The Morgan fingerprint density at radius 3 is 0.443 bits per heavy atom. The summed E-state index contributed by atoms with van der Waals surface area (Å²) in [5.41, 5.74) is -2.04. The second kappa shape index (κ2) is 83.9. The van der Waals surface area contributed by atoms with Crippen LogP contribution in [0.25, 0.3) is 0 Å². The van der Waals surface area contributed by atoms with E-state index in [0.29, 0.717) is 77.0 Å². The largest absolute Gasteiger partial charge is 0.465 e. The molecule has 4 unspecified atom stereocenters. The molecule has 0 aromatic heterocycles. The lowest BCUT2D eigenvalue weighted by Crippen LogP contribution is -2.39. The summed E-state index contributed by atoms with van der Waals surface area (Å²) in [5, 5.41) is 0. The minimum atomic E-state index is -1.02. The first-order chi connectivity index (χ1) is 59.2. The number of carbonyl (C=O) groups is 10. The first kappa shape index (κ1) is 117. The molecule has 714 valence electrons. The lowest BCUT2D eigenvalue weighted by atomic mass is 9.88. The van der Waals surface area contributed by atoms with Crippen molar-refractivity contribution in [1.82, 2.24) is 0 Å². The number of hydrogen-bond donors (Lipinski definition) is 0. The maximum atomic E-state index is 13.6. The predicted molar refractivity (Wildman–Crippen MR) is 490 cm³/mol. The molecule has 0 amide bonds. The summed E-state index contributed by atoms with van der Waals surface area (Å²) in [7, 11) is 0. The molecule has 0 aromatic rings. The van der Waals surface area contributed by atoms with Crippen LogP contribution in [0.3, 0.4) is 0 Å². The summed E-state index contributed by atoms with van der Waals surface area (Å²) in [6.45, 7) is 19.1. The molecule has 0 rings (SSSR count). The summed E-state index contributed by atoms with van der Waals surface area (Å²) >= 11 is 0. The highest BCUT2D eigenvalue weighted by atomic mass is 16.6. The van der Waals surface area contributed by atoms with Gasteiger partial charge in [0.25, 0.3) is 0 Å². The van der Waals surface area contributed by atoms with Crippen molar-refractivity contribution in [2.24, 2.45) is 10.8 Å². The van der Waals surface area contributed by atoms with Crippen molar-refractivity contribution in [3.63, 3.8) is 0 Å². The number of ether oxygens (including phenoxy) is 10. The van der Waals surface area contributed by atoms with Crippen molar-refractivity contribution in [2.45, 2.75) is 543 Å². The van der Waals surface area contributed by atoms with Crippen molar-refractivity contribution < 1.29 is 95.3 Å². The fourth-order valence-electron chi connectivity index (χ4n) is 15.4. The molecule has 20 heteroatoms. The Bertz CT molecular complexity index is 2240. The molecule has 0 radical (unpaired) electrons. The van der Waals surface area contributed by atoms with Crippen LogP contribution in [0.1, 0.15) is 519 Å². The molecule has 0 fully saturated rings. The van der Waals surface area contributed by atoms with Crippen LogP contribution in [0.2, 0.25) is 0 Å². The molecule has 4 atom stereocenters. The second-order valence-corrected chi connectivity index (χ2v) is 35.6. The van der Waals surface area contributed by atoms with Crippen LogP contribution in [-0.4, -0.2) is 124 Å². The van der Waals surface area contributed by atoms with Crippen LogP contribution in [0.4, 0.5) is 0 Å². The predicted octanol–water partition coefficient (Wildman–Crippen LogP) is 27.4. The Morgan fingerprint density at radius 1 is 0.172 bits per heavy atom. The summed E-state index contributed by atoms with van der Waals surface area (Å²) in [5.74, 6) is -3.21. The minimum absolute atomic E-state index is 0.0169. The van der Waals surface area contributed by atoms with Gasteiger partial charge in [0.2, 0.25) is 0 Å². The third-order valence-electron chi connectivity index (χ3n) is 24.2. The Morgan fingerprint density at radius 2 is 0.303 bits per heavy atom. The van der Waals surface area contributed by atoms with Crippen molar-refractivity contribution in [2.75, 3.05) is 39.6 Å². The summed E-state index contributed by atoms with van der Waals surface area (Å²) in [4.78, 5) is 130. The fraction of sp³-hybridized carbons (Fsp3) is 0.902. The smallest absolute Gasteiger partial charge is 0.305 e. The molecular formula is C102H186O20. The van der Waals surface area contributed by atoms with Gasteiger partial charge in [0, 0.05) is 64.2 Å². The standard InChI is InChI=1S/C102H186O20/c1-11-21-25-29-33-41-53-67-87(119-91(103)15-5)71-57-45-37-49-61-75-95(107)113-81-101(19-9,82-114-96(108)76-62-50-38-46-58-72-88(120-92(104)16-6)68-54-42-34-30-26-22-12-2)85-117-99(111)79-65-66-80-100(112)118-86-102(20-10,83-115-97(109)77-63-51-39-47-59-73-89(121-93(105)17-7)69-55-43-35-31-27-23-13-3)84-116-98(110)78-64-52-40-48-60-74-90(122-94(106)18-8)70-56-44-36-32-28-24-14-4/h87-90H,11-86H2,1-10H3. The molecule has 0 spiro atoms. The topological polar surface area (TPSA) is 263 Å². The Hall–Kier alpha value is -5.30. The van der Waals surface area contributed by atoms with Gasteiger partial charge in [-0.3, -0.25) is 47.9 Å². The van der Waals surface area contributed by atoms with Gasteiger partial charge in [-0.25, -0.2) is 0 Å². The average molecular weight is 1730 g/mol. The maximum Gasteiger partial charge on any atom is 0.305 e. The van der Waals surface area contributed by atoms with Crippen LogP contribution in [0.5, 0.6) is 0 Å². The van der Waals surface area contributed by atoms with Gasteiger partial charge >= 0.3 is 59.7 Å². The normalized spacial score (nSPS) is 13.4. The molecular weight excluding hydrogens is 1550 g/mol. The van der Waals surface area contributed by atoms with Crippen LogP contribution < -0.4 is 0 Å². The Labute approximate surface area is 744 Å². The SMILES string of the molecule is CCCCCCCCCC(CCCCCCCC(=O)OCC(CC)(COC(=O)CCCCCCCC(CCCCCCCCC)OC(=O)CC)COC(=O)CCCCC(=O)OCC(CC)(COC(=O)CCCCCCCC(CCCCCCCCC)OC(=O)CC)COC(=O)CCCCCCCC(CCCCCCCCC)OC(=O)CC)OC(=O)CC. The van der Waals surface area contributed by atoms with Crippen LogP contribution in [-0.2, 0) is 95.3 Å². The molecule has 0 N–H and O–H groups in total. The van der Waals surface area contributed by atoms with Crippen LogP contribution in [0.15, 0.2) is 0 Å². The van der Waals surface area contributed by atoms with Crippen molar-refractivity contribution in [3.8, 4) is 0 Å². The molecule has 0 aliphatic carbocycles. The zero-order chi connectivity index (χ0) is 89.9. The number of rotatable bonds is 91. The van der Waals surface area contributed by atoms with Gasteiger partial charge in [-0.2, -0.15) is 0 Å². The van der Waals surface area contributed by atoms with Gasteiger partial charge in [-0.1, -0.05) is 300 Å². The zero-order valence-electron chi connectivity index (χ0n) is 80.2. The molecule has 0 saturated heterocycles. The van der Waals surface area contributed by atoms with E-state index in [1.807, 2.05) is 41.5 Å².